The number of sulfonamides is 1. The van der Waals surface area contributed by atoms with Crippen LogP contribution in [0.4, 0.5) is 5.69 Å². The number of esters is 1. The van der Waals surface area contributed by atoms with Crippen LogP contribution in [0.1, 0.15) is 29.9 Å². The summed E-state index contributed by atoms with van der Waals surface area (Å²) in [5.74, 6) is -1.17. The molecule has 1 aromatic heterocycles. The Morgan fingerprint density at radius 3 is 2.48 bits per heavy atom. The first-order chi connectivity index (χ1) is 14.8. The number of nitrogens with zero attached hydrogens (tertiary/aromatic N) is 1. The Balaban J connectivity index is 1.67. The van der Waals surface area contributed by atoms with Crippen LogP contribution in [-0.2, 0) is 19.6 Å². The van der Waals surface area contributed by atoms with Gasteiger partial charge in [0.15, 0.2) is 6.61 Å². The number of nitrogens with one attached hydrogen (secondary N) is 2. The van der Waals surface area contributed by atoms with E-state index in [0.29, 0.717) is 30.0 Å². The van der Waals surface area contributed by atoms with Crippen molar-refractivity contribution >= 4 is 38.5 Å². The van der Waals surface area contributed by atoms with Crippen LogP contribution in [0.15, 0.2) is 53.4 Å². The number of hydrogen-bond acceptors (Lipinski definition) is 5. The third kappa shape index (κ3) is 4.78. The molecule has 1 amide bonds. The Bertz CT molecular complexity index is 1210. The average Bonchev–Trinajstić information content (AvgIpc) is 3.08. The third-order valence-corrected chi connectivity index (χ3v) is 6.94. The summed E-state index contributed by atoms with van der Waals surface area (Å²) >= 11 is 0. The smallest absolute Gasteiger partial charge is 0.341 e. The van der Waals surface area contributed by atoms with E-state index in [0.717, 1.165) is 10.9 Å². The summed E-state index contributed by atoms with van der Waals surface area (Å²) in [4.78, 5) is 28.0. The molecule has 2 N–H and O–H groups in total. The number of carbonyl (C=O) groups is 2. The lowest BCUT2D eigenvalue weighted by molar-refractivity contribution is -0.119. The van der Waals surface area contributed by atoms with Crippen molar-refractivity contribution in [3.05, 3.63) is 59.8 Å². The molecule has 3 rings (SSSR count). The number of rotatable bonds is 8. The number of amides is 1. The van der Waals surface area contributed by atoms with E-state index >= 15 is 0 Å². The fourth-order valence-electron chi connectivity index (χ4n) is 3.39. The van der Waals surface area contributed by atoms with Crippen LogP contribution in [0.25, 0.3) is 10.9 Å². The van der Waals surface area contributed by atoms with Gasteiger partial charge in [0.1, 0.15) is 0 Å². The number of aromatic amines is 1. The van der Waals surface area contributed by atoms with Crippen molar-refractivity contribution in [2.45, 2.75) is 25.7 Å². The first kappa shape index (κ1) is 22.5. The largest absolute Gasteiger partial charge is 0.452 e. The molecule has 9 heteroatoms. The Labute approximate surface area is 181 Å². The van der Waals surface area contributed by atoms with Crippen LogP contribution in [0.3, 0.4) is 0 Å². The van der Waals surface area contributed by atoms with E-state index in [-0.39, 0.29) is 4.90 Å². The van der Waals surface area contributed by atoms with Gasteiger partial charge in [0.2, 0.25) is 10.0 Å². The normalized spacial score (nSPS) is 11.6. The summed E-state index contributed by atoms with van der Waals surface area (Å²) < 4.78 is 31.8. The molecule has 164 valence electrons. The van der Waals surface area contributed by atoms with Gasteiger partial charge in [0.25, 0.3) is 5.91 Å². The molecule has 0 atom stereocenters. The first-order valence-electron chi connectivity index (χ1n) is 9.92. The van der Waals surface area contributed by atoms with E-state index in [1.807, 2.05) is 18.2 Å². The van der Waals surface area contributed by atoms with E-state index in [4.69, 9.17) is 4.74 Å². The molecule has 2 aromatic carbocycles. The van der Waals surface area contributed by atoms with Gasteiger partial charge in [-0.3, -0.25) is 4.79 Å². The van der Waals surface area contributed by atoms with Crippen molar-refractivity contribution in [1.82, 2.24) is 9.29 Å². The quantitative estimate of drug-likeness (QED) is 0.519. The highest BCUT2D eigenvalue weighted by Gasteiger charge is 2.22. The number of anilines is 1. The van der Waals surface area contributed by atoms with Crippen molar-refractivity contribution in [3.8, 4) is 0 Å². The van der Waals surface area contributed by atoms with E-state index < -0.39 is 28.5 Å². The maximum Gasteiger partial charge on any atom is 0.341 e. The Morgan fingerprint density at radius 2 is 1.77 bits per heavy atom. The predicted octanol–water partition coefficient (Wildman–Crippen LogP) is 3.30. The summed E-state index contributed by atoms with van der Waals surface area (Å²) in [5.41, 5.74) is 2.15. The minimum Gasteiger partial charge on any atom is -0.452 e. The maximum absolute atomic E-state index is 12.7. The maximum atomic E-state index is 12.7. The number of ether oxygens (including phenoxy) is 1. The molecule has 1 heterocycles. The monoisotopic (exact) mass is 443 g/mol. The lowest BCUT2D eigenvalue weighted by Crippen LogP contribution is -2.30. The fraction of sp³-hybridized carbons (Fsp3) is 0.273. The minimum atomic E-state index is -3.65. The summed E-state index contributed by atoms with van der Waals surface area (Å²) in [6.45, 7) is 5.48. The number of aryl methyl sites for hydroxylation is 1. The molecular formula is C22H25N3O5S. The molecule has 0 saturated carbocycles. The standard InChI is InChI=1S/C22H25N3O5S/c1-4-25(5-2)31(28,29)17-10-8-9-16(13-17)24-20(26)14-30-22(27)21-15(3)23-19-12-7-6-11-18(19)21/h6-13,23H,4-5,14H2,1-3H3,(H,24,26). The van der Waals surface area contributed by atoms with Gasteiger partial charge in [0, 0.05) is 35.4 Å². The van der Waals surface area contributed by atoms with E-state index in [1.165, 1.54) is 16.4 Å². The summed E-state index contributed by atoms with van der Waals surface area (Å²) in [6, 6.07) is 13.3. The molecule has 0 unspecified atom stereocenters. The van der Waals surface area contributed by atoms with E-state index in [2.05, 4.69) is 10.3 Å². The minimum absolute atomic E-state index is 0.0837. The van der Waals surface area contributed by atoms with Gasteiger partial charge in [0.05, 0.1) is 10.5 Å². The number of aromatic nitrogens is 1. The molecule has 0 saturated heterocycles. The highest BCUT2D eigenvalue weighted by Crippen LogP contribution is 2.23. The van der Waals surface area contributed by atoms with E-state index in [1.54, 1.807) is 39.0 Å². The van der Waals surface area contributed by atoms with Gasteiger partial charge in [-0.25, -0.2) is 13.2 Å². The molecule has 0 aliphatic heterocycles. The average molecular weight is 444 g/mol. The van der Waals surface area contributed by atoms with Gasteiger partial charge >= 0.3 is 5.97 Å². The summed E-state index contributed by atoms with van der Waals surface area (Å²) in [5, 5.41) is 3.30. The summed E-state index contributed by atoms with van der Waals surface area (Å²) in [6.07, 6.45) is 0. The zero-order valence-electron chi connectivity index (χ0n) is 17.6. The molecule has 3 aromatic rings. The topological polar surface area (TPSA) is 109 Å². The third-order valence-electron chi connectivity index (χ3n) is 4.89. The predicted molar refractivity (Wildman–Crippen MR) is 118 cm³/mol. The number of carbonyl (C=O) groups excluding carboxylic acids is 2. The van der Waals surface area contributed by atoms with Crippen molar-refractivity contribution in [2.24, 2.45) is 0 Å². The highest BCUT2D eigenvalue weighted by atomic mass is 32.2. The lowest BCUT2D eigenvalue weighted by atomic mass is 10.1. The van der Waals surface area contributed by atoms with Crippen LogP contribution < -0.4 is 5.32 Å². The zero-order valence-corrected chi connectivity index (χ0v) is 18.5. The molecule has 0 radical (unpaired) electrons. The van der Waals surface area contributed by atoms with Crippen molar-refractivity contribution in [3.63, 3.8) is 0 Å². The zero-order chi connectivity index (χ0) is 22.6. The van der Waals surface area contributed by atoms with Crippen LogP contribution in [0.5, 0.6) is 0 Å². The van der Waals surface area contributed by atoms with Gasteiger partial charge in [-0.05, 0) is 31.2 Å². The van der Waals surface area contributed by atoms with Crippen LogP contribution in [-0.4, -0.2) is 49.3 Å². The van der Waals surface area contributed by atoms with Crippen LogP contribution in [0, 0.1) is 6.92 Å². The number of hydrogen-bond donors (Lipinski definition) is 2. The Kier molecular flexibility index (Phi) is 6.77. The molecule has 0 spiro atoms. The van der Waals surface area contributed by atoms with Crippen molar-refractivity contribution in [1.29, 1.82) is 0 Å². The number of benzene rings is 2. The van der Waals surface area contributed by atoms with Crippen LogP contribution in [0.2, 0.25) is 0 Å². The Morgan fingerprint density at radius 1 is 1.06 bits per heavy atom. The fourth-order valence-corrected chi connectivity index (χ4v) is 4.89. The number of para-hydroxylation sites is 1. The van der Waals surface area contributed by atoms with Crippen LogP contribution >= 0.6 is 0 Å². The number of H-pyrrole nitrogens is 1. The molecular weight excluding hydrogens is 418 g/mol. The van der Waals surface area contributed by atoms with Gasteiger partial charge in [-0.1, -0.05) is 38.1 Å². The van der Waals surface area contributed by atoms with Gasteiger partial charge in [-0.15, -0.1) is 0 Å². The SMILES string of the molecule is CCN(CC)S(=O)(=O)c1cccc(NC(=O)COC(=O)c2c(C)[nH]c3ccccc23)c1. The molecule has 0 bridgehead atoms. The molecule has 0 aliphatic carbocycles. The molecule has 31 heavy (non-hydrogen) atoms. The van der Waals surface area contributed by atoms with E-state index in [9.17, 15) is 18.0 Å². The summed E-state index contributed by atoms with van der Waals surface area (Å²) in [7, 11) is -3.65. The number of fused-ring (bicyclic) bond motifs is 1. The van der Waals surface area contributed by atoms with Crippen molar-refractivity contribution in [2.75, 3.05) is 25.0 Å². The first-order valence-corrected chi connectivity index (χ1v) is 11.4. The lowest BCUT2D eigenvalue weighted by Gasteiger charge is -2.18. The molecule has 8 nitrogen and oxygen atoms in total. The second kappa shape index (κ2) is 9.32. The highest BCUT2D eigenvalue weighted by molar-refractivity contribution is 7.89. The second-order valence-electron chi connectivity index (χ2n) is 6.91. The second-order valence-corrected chi connectivity index (χ2v) is 8.85. The van der Waals surface area contributed by atoms with Gasteiger partial charge < -0.3 is 15.0 Å². The van der Waals surface area contributed by atoms with Gasteiger partial charge in [-0.2, -0.15) is 4.31 Å². The van der Waals surface area contributed by atoms with Crippen molar-refractivity contribution < 1.29 is 22.7 Å². The molecule has 0 aliphatic rings. The molecule has 0 fully saturated rings. The Hall–Kier alpha value is -3.17.